The van der Waals surface area contributed by atoms with Gasteiger partial charge in [0.05, 0.1) is 6.10 Å². The van der Waals surface area contributed by atoms with Gasteiger partial charge in [0.2, 0.25) is 10.0 Å². The first-order valence-electron chi connectivity index (χ1n) is 7.79. The lowest BCUT2D eigenvalue weighted by Crippen LogP contribution is -2.46. The number of benzene rings is 1. The summed E-state index contributed by atoms with van der Waals surface area (Å²) in [4.78, 5) is 12.2. The van der Waals surface area contributed by atoms with Gasteiger partial charge in [-0.25, -0.2) is 21.9 Å². The first kappa shape index (κ1) is 18.5. The number of halogens is 2. The first-order valence-corrected chi connectivity index (χ1v) is 9.27. The van der Waals surface area contributed by atoms with Crippen LogP contribution >= 0.6 is 0 Å². The van der Waals surface area contributed by atoms with Crippen LogP contribution in [-0.2, 0) is 17.1 Å². The molecule has 1 fully saturated rings. The molecule has 0 bridgehead atoms. The van der Waals surface area contributed by atoms with Gasteiger partial charge in [0.25, 0.3) is 5.91 Å². The largest absolute Gasteiger partial charge is 0.393 e. The standard InChI is InChI=1S/C16H17F2N3O4S/c1-21-8-12(26(24,25)20-10-4-11(22)5-10)7-15(21)16(23)19-9-2-3-13(17)14(18)6-9/h2-3,6-8,10-11,20,22H,4-5H2,1H3,(H,19,23)/t10-,11+. The predicted molar refractivity (Wildman–Crippen MR) is 89.1 cm³/mol. The van der Waals surface area contributed by atoms with Crippen molar-refractivity contribution < 1.29 is 27.1 Å². The van der Waals surface area contributed by atoms with Crippen LogP contribution in [0.4, 0.5) is 14.5 Å². The fraction of sp³-hybridized carbons (Fsp3) is 0.312. The topological polar surface area (TPSA) is 100 Å². The second-order valence-corrected chi connectivity index (χ2v) is 7.91. The van der Waals surface area contributed by atoms with E-state index >= 15 is 0 Å². The Morgan fingerprint density at radius 1 is 1.23 bits per heavy atom. The number of aliphatic hydroxyl groups is 1. The van der Waals surface area contributed by atoms with Crippen molar-refractivity contribution >= 4 is 21.6 Å². The number of hydrogen-bond acceptors (Lipinski definition) is 4. The minimum absolute atomic E-state index is 0.0313. The van der Waals surface area contributed by atoms with Crippen LogP contribution in [0.3, 0.4) is 0 Å². The third-order valence-electron chi connectivity index (χ3n) is 4.14. The number of aryl methyl sites for hydroxylation is 1. The quantitative estimate of drug-likeness (QED) is 0.723. The maximum absolute atomic E-state index is 13.2. The third-order valence-corrected chi connectivity index (χ3v) is 5.62. The van der Waals surface area contributed by atoms with Crippen molar-refractivity contribution in [3.63, 3.8) is 0 Å². The maximum Gasteiger partial charge on any atom is 0.272 e. The summed E-state index contributed by atoms with van der Waals surface area (Å²) in [5, 5.41) is 11.6. The molecule has 2 aromatic rings. The van der Waals surface area contributed by atoms with Crippen molar-refractivity contribution in [2.45, 2.75) is 29.9 Å². The molecule has 0 radical (unpaired) electrons. The molecule has 0 spiro atoms. The van der Waals surface area contributed by atoms with Crippen molar-refractivity contribution in [1.29, 1.82) is 0 Å². The van der Waals surface area contributed by atoms with Gasteiger partial charge in [-0.15, -0.1) is 0 Å². The van der Waals surface area contributed by atoms with E-state index in [1.54, 1.807) is 0 Å². The number of amides is 1. The van der Waals surface area contributed by atoms with Gasteiger partial charge in [0.1, 0.15) is 10.6 Å². The molecule has 7 nitrogen and oxygen atoms in total. The van der Waals surface area contributed by atoms with Gasteiger partial charge in [-0.1, -0.05) is 0 Å². The molecule has 0 atom stereocenters. The smallest absolute Gasteiger partial charge is 0.272 e. The van der Waals surface area contributed by atoms with Crippen LogP contribution in [-0.4, -0.2) is 36.1 Å². The Kier molecular flexibility index (Phi) is 4.82. The average Bonchev–Trinajstić information content (AvgIpc) is 2.92. The van der Waals surface area contributed by atoms with E-state index in [4.69, 9.17) is 0 Å². The summed E-state index contributed by atoms with van der Waals surface area (Å²) in [6.45, 7) is 0. The molecule has 0 unspecified atom stereocenters. The highest BCUT2D eigenvalue weighted by atomic mass is 32.2. The van der Waals surface area contributed by atoms with E-state index in [1.807, 2.05) is 0 Å². The van der Waals surface area contributed by atoms with Crippen LogP contribution < -0.4 is 10.0 Å². The Morgan fingerprint density at radius 2 is 1.92 bits per heavy atom. The number of carbonyl (C=O) groups is 1. The second kappa shape index (κ2) is 6.78. The monoisotopic (exact) mass is 385 g/mol. The number of anilines is 1. The summed E-state index contributed by atoms with van der Waals surface area (Å²) in [5.74, 6) is -2.81. The van der Waals surface area contributed by atoms with E-state index in [1.165, 1.54) is 29.9 Å². The number of sulfonamides is 1. The van der Waals surface area contributed by atoms with E-state index in [2.05, 4.69) is 10.0 Å². The normalized spacial score (nSPS) is 19.8. The molecule has 10 heteroatoms. The second-order valence-electron chi connectivity index (χ2n) is 6.20. The molecule has 1 amide bonds. The molecule has 3 rings (SSSR count). The first-order chi connectivity index (χ1) is 12.2. The lowest BCUT2D eigenvalue weighted by Gasteiger charge is -2.31. The van der Waals surface area contributed by atoms with E-state index in [-0.39, 0.29) is 22.3 Å². The summed E-state index contributed by atoms with van der Waals surface area (Å²) in [5.41, 5.74) is 0.0739. The van der Waals surface area contributed by atoms with Crippen molar-refractivity contribution in [2.24, 2.45) is 7.05 Å². The van der Waals surface area contributed by atoms with Gasteiger partial charge >= 0.3 is 0 Å². The number of hydrogen-bond donors (Lipinski definition) is 3. The Balaban J connectivity index is 1.76. The zero-order valence-electron chi connectivity index (χ0n) is 13.7. The Bertz CT molecular complexity index is 952. The average molecular weight is 385 g/mol. The lowest BCUT2D eigenvalue weighted by molar-refractivity contribution is 0.0712. The summed E-state index contributed by atoms with van der Waals surface area (Å²) in [6.07, 6.45) is 1.46. The van der Waals surface area contributed by atoms with Gasteiger partial charge in [-0.2, -0.15) is 0 Å². The number of nitrogens with zero attached hydrogens (tertiary/aromatic N) is 1. The van der Waals surface area contributed by atoms with Crippen LogP contribution in [0.5, 0.6) is 0 Å². The predicted octanol–water partition coefficient (Wildman–Crippen LogP) is 1.36. The minimum Gasteiger partial charge on any atom is -0.393 e. The number of aromatic nitrogens is 1. The van der Waals surface area contributed by atoms with E-state index in [0.29, 0.717) is 12.8 Å². The molecule has 1 heterocycles. The van der Waals surface area contributed by atoms with Crippen LogP contribution in [0, 0.1) is 11.6 Å². The highest BCUT2D eigenvalue weighted by molar-refractivity contribution is 7.89. The van der Waals surface area contributed by atoms with Crippen molar-refractivity contribution in [3.8, 4) is 0 Å². The summed E-state index contributed by atoms with van der Waals surface area (Å²) < 4.78 is 54.6. The van der Waals surface area contributed by atoms with E-state index in [0.717, 1.165) is 12.1 Å². The number of carbonyl (C=O) groups excluding carboxylic acids is 1. The molecule has 0 aliphatic heterocycles. The van der Waals surface area contributed by atoms with Gasteiger partial charge in [-0.05, 0) is 31.0 Å². The summed E-state index contributed by atoms with van der Waals surface area (Å²) in [7, 11) is -2.34. The minimum atomic E-state index is -3.84. The Morgan fingerprint density at radius 3 is 2.54 bits per heavy atom. The molecule has 1 aliphatic rings. The van der Waals surface area contributed by atoms with Crippen LogP contribution in [0.1, 0.15) is 23.3 Å². The third kappa shape index (κ3) is 3.76. The number of aliphatic hydroxyl groups excluding tert-OH is 1. The van der Waals surface area contributed by atoms with Gasteiger partial charge in [-0.3, -0.25) is 4.79 Å². The maximum atomic E-state index is 13.2. The number of nitrogens with one attached hydrogen (secondary N) is 2. The fourth-order valence-electron chi connectivity index (χ4n) is 2.65. The zero-order chi connectivity index (χ0) is 19.1. The van der Waals surface area contributed by atoms with Crippen molar-refractivity contribution in [3.05, 3.63) is 47.8 Å². The van der Waals surface area contributed by atoms with Gasteiger partial charge in [0, 0.05) is 31.0 Å². The van der Waals surface area contributed by atoms with Crippen LogP contribution in [0.2, 0.25) is 0 Å². The molecule has 0 saturated heterocycles. The molecule has 1 aromatic heterocycles. The summed E-state index contributed by atoms with van der Waals surface area (Å²) >= 11 is 0. The fourth-order valence-corrected chi connectivity index (χ4v) is 3.98. The number of rotatable bonds is 5. The molecular weight excluding hydrogens is 368 g/mol. The Hall–Kier alpha value is -2.30. The Labute approximate surface area is 148 Å². The van der Waals surface area contributed by atoms with Gasteiger partial charge in [0.15, 0.2) is 11.6 Å². The van der Waals surface area contributed by atoms with Gasteiger partial charge < -0.3 is 15.0 Å². The lowest BCUT2D eigenvalue weighted by atomic mass is 9.91. The molecule has 3 N–H and O–H groups in total. The highest BCUT2D eigenvalue weighted by Crippen LogP contribution is 2.23. The van der Waals surface area contributed by atoms with E-state index < -0.39 is 33.7 Å². The van der Waals surface area contributed by atoms with Crippen molar-refractivity contribution in [2.75, 3.05) is 5.32 Å². The molecule has 1 aromatic carbocycles. The van der Waals surface area contributed by atoms with Crippen LogP contribution in [0.15, 0.2) is 35.4 Å². The molecular formula is C16H17F2N3O4S. The SMILES string of the molecule is Cn1cc(S(=O)(=O)N[C@H]2C[C@@H](O)C2)cc1C(=O)Nc1ccc(F)c(F)c1. The highest BCUT2D eigenvalue weighted by Gasteiger charge is 2.32. The molecule has 26 heavy (non-hydrogen) atoms. The molecule has 1 saturated carbocycles. The summed E-state index contributed by atoms with van der Waals surface area (Å²) in [6, 6.07) is 3.75. The zero-order valence-corrected chi connectivity index (χ0v) is 14.6. The van der Waals surface area contributed by atoms with Crippen LogP contribution in [0.25, 0.3) is 0 Å². The molecule has 140 valence electrons. The molecule has 1 aliphatic carbocycles. The van der Waals surface area contributed by atoms with E-state index in [9.17, 15) is 27.1 Å². The van der Waals surface area contributed by atoms with Crippen molar-refractivity contribution in [1.82, 2.24) is 9.29 Å².